The van der Waals surface area contributed by atoms with Gasteiger partial charge in [0.25, 0.3) is 20.8 Å². The van der Waals surface area contributed by atoms with Gasteiger partial charge in [-0.1, -0.05) is 36.0 Å². The summed E-state index contributed by atoms with van der Waals surface area (Å²) in [5, 5.41) is 1.41. The number of pyridine rings is 1. The molecule has 3 heterocycles. The van der Waals surface area contributed by atoms with Crippen molar-refractivity contribution in [3.63, 3.8) is 0 Å². The van der Waals surface area contributed by atoms with Gasteiger partial charge in [-0.3, -0.25) is 33.8 Å². The van der Waals surface area contributed by atoms with Gasteiger partial charge in [0, 0.05) is 11.9 Å². The molecule has 2 N–H and O–H groups in total. The number of fused-ring (bicyclic) bond motifs is 1. The molecule has 2 aromatic carbocycles. The molecule has 0 radical (unpaired) electrons. The predicted octanol–water partition coefficient (Wildman–Crippen LogP) is 1.86. The number of carbonyl (C=O) groups excluding carboxylic acids is 3. The molecule has 4 aromatic rings. The molecule has 15 heteroatoms. The van der Waals surface area contributed by atoms with Crippen LogP contribution in [0.25, 0.3) is 11.0 Å². The highest BCUT2D eigenvalue weighted by Crippen LogP contribution is 2.24. The number of hydrogen-bond acceptors (Lipinski definition) is 10. The van der Waals surface area contributed by atoms with Crippen molar-refractivity contribution in [2.45, 2.75) is 36.6 Å². The highest BCUT2D eigenvalue weighted by molar-refractivity contribution is 8.15. The van der Waals surface area contributed by atoms with Crippen LogP contribution >= 0.6 is 11.8 Å². The molecule has 1 aliphatic heterocycles. The van der Waals surface area contributed by atoms with Crippen LogP contribution in [-0.2, 0) is 43.9 Å². The third-order valence-electron chi connectivity index (χ3n) is 6.54. The lowest BCUT2D eigenvalue weighted by Crippen LogP contribution is -2.42. The number of anilines is 1. The molecule has 0 bridgehead atoms. The average Bonchev–Trinajstić information content (AvgIpc) is 3.30. The predicted molar refractivity (Wildman–Crippen MR) is 158 cm³/mol. The number of aromatic nitrogens is 3. The van der Waals surface area contributed by atoms with Crippen molar-refractivity contribution in [3.05, 3.63) is 98.8 Å². The highest BCUT2D eigenvalue weighted by atomic mass is 32.2. The van der Waals surface area contributed by atoms with E-state index in [9.17, 15) is 32.4 Å². The SMILES string of the molecule is CCOC(=O)Cn1c(=O)c2cccnc2n(Cc2ccc(NS(=O)(=O)c3ccc(CC4SC(=O)NC4=O)cc3)cc2)c1=O. The van der Waals surface area contributed by atoms with E-state index in [4.69, 9.17) is 4.74 Å². The molecule has 13 nitrogen and oxygen atoms in total. The van der Waals surface area contributed by atoms with Gasteiger partial charge < -0.3 is 4.74 Å². The van der Waals surface area contributed by atoms with Crippen molar-refractivity contribution in [1.82, 2.24) is 19.4 Å². The minimum absolute atomic E-state index is 0.00710. The van der Waals surface area contributed by atoms with Crippen LogP contribution in [0.3, 0.4) is 0 Å². The van der Waals surface area contributed by atoms with Crippen LogP contribution in [0.2, 0.25) is 0 Å². The number of nitrogens with one attached hydrogen (secondary N) is 2. The van der Waals surface area contributed by atoms with E-state index in [0.29, 0.717) is 11.1 Å². The molecule has 1 atom stereocenters. The Morgan fingerprint density at radius 3 is 2.35 bits per heavy atom. The number of hydrogen-bond donors (Lipinski definition) is 2. The Morgan fingerprint density at radius 1 is 1.00 bits per heavy atom. The van der Waals surface area contributed by atoms with Gasteiger partial charge in [-0.05, 0) is 60.9 Å². The van der Waals surface area contributed by atoms with Crippen LogP contribution in [0.5, 0.6) is 0 Å². The lowest BCUT2D eigenvalue weighted by Gasteiger charge is -2.14. The fourth-order valence-corrected chi connectivity index (χ4v) is 6.40. The third kappa shape index (κ3) is 6.52. The number of carbonyl (C=O) groups is 3. The highest BCUT2D eigenvalue weighted by Gasteiger charge is 2.31. The largest absolute Gasteiger partial charge is 0.465 e. The second-order valence-electron chi connectivity index (χ2n) is 9.47. The standard InChI is InChI=1S/C28H25N5O8S2/c1-2-41-23(34)16-33-26(36)21-4-3-13-29-24(21)32(28(33)38)15-18-5-9-19(10-6-18)31-43(39,40)20-11-7-17(8-12-20)14-22-25(35)30-27(37)42-22/h3-13,22,31H,2,14-16H2,1H3,(H,30,35,37). The molecule has 1 saturated heterocycles. The average molecular weight is 624 g/mol. The van der Waals surface area contributed by atoms with Gasteiger partial charge in [0.2, 0.25) is 5.91 Å². The van der Waals surface area contributed by atoms with Gasteiger partial charge in [0.1, 0.15) is 12.2 Å². The Labute approximate surface area is 248 Å². The molecule has 0 saturated carbocycles. The quantitative estimate of drug-likeness (QED) is 0.248. The van der Waals surface area contributed by atoms with Gasteiger partial charge in [-0.15, -0.1) is 0 Å². The van der Waals surface area contributed by atoms with Crippen LogP contribution < -0.4 is 21.3 Å². The molecule has 5 rings (SSSR count). The van der Waals surface area contributed by atoms with E-state index in [-0.39, 0.29) is 47.1 Å². The van der Waals surface area contributed by atoms with E-state index in [1.165, 1.54) is 41.1 Å². The summed E-state index contributed by atoms with van der Waals surface area (Å²) >= 11 is 0.902. The van der Waals surface area contributed by atoms with E-state index < -0.39 is 44.3 Å². The van der Waals surface area contributed by atoms with Crippen LogP contribution in [0.4, 0.5) is 10.5 Å². The zero-order chi connectivity index (χ0) is 30.7. The minimum Gasteiger partial charge on any atom is -0.465 e. The summed E-state index contributed by atoms with van der Waals surface area (Å²) in [4.78, 5) is 65.6. The molecule has 0 aliphatic carbocycles. The number of thioether (sulfide) groups is 1. The summed E-state index contributed by atoms with van der Waals surface area (Å²) in [5.74, 6) is -1.09. The van der Waals surface area contributed by atoms with E-state index >= 15 is 0 Å². The topological polar surface area (TPSA) is 176 Å². The van der Waals surface area contributed by atoms with E-state index in [1.807, 2.05) is 0 Å². The summed E-state index contributed by atoms with van der Waals surface area (Å²) < 4.78 is 35.4. The van der Waals surface area contributed by atoms with Gasteiger partial charge >= 0.3 is 11.7 Å². The number of sulfonamides is 1. The molecule has 2 amide bonds. The maximum Gasteiger partial charge on any atom is 0.333 e. The second-order valence-corrected chi connectivity index (χ2v) is 12.3. The third-order valence-corrected chi connectivity index (χ3v) is 8.92. The number of esters is 1. The lowest BCUT2D eigenvalue weighted by atomic mass is 10.1. The molecule has 1 aliphatic rings. The van der Waals surface area contributed by atoms with Crippen LogP contribution in [0.15, 0.2) is 81.3 Å². The molecular weight excluding hydrogens is 598 g/mol. The zero-order valence-corrected chi connectivity index (χ0v) is 24.3. The smallest absolute Gasteiger partial charge is 0.333 e. The van der Waals surface area contributed by atoms with E-state index in [2.05, 4.69) is 15.0 Å². The van der Waals surface area contributed by atoms with Crippen molar-refractivity contribution >= 4 is 55.6 Å². The molecule has 1 fully saturated rings. The fourth-order valence-electron chi connectivity index (χ4n) is 4.49. The second kappa shape index (κ2) is 12.2. The zero-order valence-electron chi connectivity index (χ0n) is 22.7. The number of amides is 2. The first-order valence-electron chi connectivity index (χ1n) is 13.0. The number of benzene rings is 2. The van der Waals surface area contributed by atoms with Crippen molar-refractivity contribution in [1.29, 1.82) is 0 Å². The van der Waals surface area contributed by atoms with Crippen molar-refractivity contribution in [2.75, 3.05) is 11.3 Å². The molecule has 222 valence electrons. The number of imide groups is 1. The van der Waals surface area contributed by atoms with Gasteiger partial charge in [0.15, 0.2) is 0 Å². The lowest BCUT2D eigenvalue weighted by molar-refractivity contribution is -0.144. The van der Waals surface area contributed by atoms with Gasteiger partial charge in [-0.25, -0.2) is 22.8 Å². The molecule has 0 spiro atoms. The van der Waals surface area contributed by atoms with Crippen molar-refractivity contribution in [3.8, 4) is 0 Å². The van der Waals surface area contributed by atoms with Crippen LogP contribution in [-0.4, -0.2) is 51.5 Å². The first-order valence-corrected chi connectivity index (χ1v) is 15.4. The van der Waals surface area contributed by atoms with Gasteiger partial charge in [0.05, 0.1) is 28.7 Å². The number of rotatable bonds is 10. The Balaban J connectivity index is 1.33. The number of nitrogens with zero attached hydrogens (tertiary/aromatic N) is 3. The number of ether oxygens (including phenoxy) is 1. The maximum absolute atomic E-state index is 13.3. The minimum atomic E-state index is -3.95. The first kappa shape index (κ1) is 29.7. The van der Waals surface area contributed by atoms with Gasteiger partial charge in [-0.2, -0.15) is 0 Å². The van der Waals surface area contributed by atoms with Crippen LogP contribution in [0, 0.1) is 0 Å². The Kier molecular flexibility index (Phi) is 8.45. The van der Waals surface area contributed by atoms with Crippen molar-refractivity contribution in [2.24, 2.45) is 0 Å². The molecule has 1 unspecified atom stereocenters. The first-order chi connectivity index (χ1) is 20.6. The Hall–Kier alpha value is -4.76. The van der Waals surface area contributed by atoms with Crippen LogP contribution in [0.1, 0.15) is 18.1 Å². The summed E-state index contributed by atoms with van der Waals surface area (Å²) in [5.41, 5.74) is 0.327. The normalized spacial score (nSPS) is 15.0. The maximum atomic E-state index is 13.3. The summed E-state index contributed by atoms with van der Waals surface area (Å²) in [6, 6.07) is 15.4. The van der Waals surface area contributed by atoms with Crippen molar-refractivity contribution < 1.29 is 27.5 Å². The van der Waals surface area contributed by atoms with E-state index in [0.717, 1.165) is 16.3 Å². The Morgan fingerprint density at radius 2 is 1.70 bits per heavy atom. The summed E-state index contributed by atoms with van der Waals surface area (Å²) in [7, 11) is -3.95. The fraction of sp³-hybridized carbons (Fsp3) is 0.214. The molecular formula is C28H25N5O8S2. The Bertz CT molecular complexity index is 1950. The summed E-state index contributed by atoms with van der Waals surface area (Å²) in [6.07, 6.45) is 1.73. The monoisotopic (exact) mass is 623 g/mol. The molecule has 43 heavy (non-hydrogen) atoms. The molecule has 2 aromatic heterocycles. The summed E-state index contributed by atoms with van der Waals surface area (Å²) in [6.45, 7) is 1.16. The van der Waals surface area contributed by atoms with E-state index in [1.54, 1.807) is 37.3 Å².